The minimum Gasteiger partial charge on any atom is -0.269 e. The number of allylic oxidation sites excluding steroid dienone is 1. The molecule has 0 bridgehead atoms. The third-order valence-corrected chi connectivity index (χ3v) is 1.32. The molecule has 0 aliphatic heterocycles. The maximum atomic E-state index is 4.10. The van der Waals surface area contributed by atoms with Crippen molar-refractivity contribution in [2.24, 2.45) is 10.9 Å². The van der Waals surface area contributed by atoms with E-state index in [1.807, 2.05) is 25.4 Å². The van der Waals surface area contributed by atoms with Crippen LogP contribution in [-0.4, -0.2) is 6.21 Å². The highest BCUT2D eigenvalue weighted by atomic mass is 14.7. The predicted molar refractivity (Wildman–Crippen MR) is 47.4 cm³/mol. The van der Waals surface area contributed by atoms with Gasteiger partial charge in [0.1, 0.15) is 0 Å². The van der Waals surface area contributed by atoms with Crippen molar-refractivity contribution in [3.8, 4) is 0 Å². The first-order chi connectivity index (χ1) is 4.81. The molecule has 1 heteroatoms. The summed E-state index contributed by atoms with van der Waals surface area (Å²) >= 11 is 0. The second kappa shape index (κ2) is 6.53. The van der Waals surface area contributed by atoms with Gasteiger partial charge in [-0.1, -0.05) is 26.3 Å². The third kappa shape index (κ3) is 5.54. The highest BCUT2D eigenvalue weighted by Gasteiger charge is 1.92. The van der Waals surface area contributed by atoms with E-state index in [1.165, 1.54) is 12.8 Å². The molecule has 0 N–H and O–H groups in total. The average Bonchev–Trinajstić information content (AvgIpc) is 1.89. The average molecular weight is 139 g/mol. The zero-order valence-electron chi connectivity index (χ0n) is 7.17. The van der Waals surface area contributed by atoms with Gasteiger partial charge in [-0.25, -0.2) is 0 Å². The van der Waals surface area contributed by atoms with Crippen molar-refractivity contribution in [3.63, 3.8) is 0 Å². The minimum atomic E-state index is 0.626. The van der Waals surface area contributed by atoms with Gasteiger partial charge >= 0.3 is 0 Å². The van der Waals surface area contributed by atoms with Gasteiger partial charge in [0.2, 0.25) is 0 Å². The van der Waals surface area contributed by atoms with E-state index in [0.29, 0.717) is 5.92 Å². The maximum absolute atomic E-state index is 4.10. The molecule has 1 atom stereocenters. The standard InChI is InChI=1S/C9H17N/c1-4-6-9(3)8-10-7-5-2/h5,7-9H,4,6H2,1-3H3/b7-5-,10-8?/t9-/m1/s1. The van der Waals surface area contributed by atoms with E-state index in [-0.39, 0.29) is 0 Å². The van der Waals surface area contributed by atoms with E-state index in [9.17, 15) is 0 Å². The van der Waals surface area contributed by atoms with Crippen LogP contribution in [0.3, 0.4) is 0 Å². The monoisotopic (exact) mass is 139 g/mol. The Morgan fingerprint density at radius 2 is 2.20 bits per heavy atom. The van der Waals surface area contributed by atoms with Crippen LogP contribution in [0.1, 0.15) is 33.6 Å². The molecule has 0 saturated heterocycles. The van der Waals surface area contributed by atoms with E-state index >= 15 is 0 Å². The number of aliphatic imine (C=N–C) groups is 1. The van der Waals surface area contributed by atoms with E-state index in [2.05, 4.69) is 18.8 Å². The number of rotatable bonds is 4. The van der Waals surface area contributed by atoms with Crippen molar-refractivity contribution >= 4 is 6.21 Å². The predicted octanol–water partition coefficient (Wildman–Crippen LogP) is 3.03. The molecular weight excluding hydrogens is 122 g/mol. The van der Waals surface area contributed by atoms with Gasteiger partial charge in [-0.3, -0.25) is 4.99 Å². The van der Waals surface area contributed by atoms with Gasteiger partial charge in [-0.05, 0) is 19.3 Å². The van der Waals surface area contributed by atoms with Crippen LogP contribution in [0.25, 0.3) is 0 Å². The van der Waals surface area contributed by atoms with E-state index in [1.54, 1.807) is 0 Å². The van der Waals surface area contributed by atoms with Crippen molar-refractivity contribution in [2.45, 2.75) is 33.6 Å². The molecule has 0 heterocycles. The SMILES string of the molecule is C/C=C\N=C[C@H](C)CCC. The summed E-state index contributed by atoms with van der Waals surface area (Å²) in [5, 5.41) is 0. The zero-order valence-corrected chi connectivity index (χ0v) is 7.17. The summed E-state index contributed by atoms with van der Waals surface area (Å²) < 4.78 is 0. The first kappa shape index (κ1) is 9.41. The van der Waals surface area contributed by atoms with Crippen LogP contribution in [0.5, 0.6) is 0 Å². The summed E-state index contributed by atoms with van der Waals surface area (Å²) in [6.45, 7) is 6.36. The summed E-state index contributed by atoms with van der Waals surface area (Å²) in [6.07, 6.45) is 8.24. The second-order valence-electron chi connectivity index (χ2n) is 2.55. The molecule has 0 unspecified atom stereocenters. The lowest BCUT2D eigenvalue weighted by Gasteiger charge is -1.99. The normalized spacial score (nSPS) is 15.1. The fourth-order valence-corrected chi connectivity index (χ4v) is 0.813. The van der Waals surface area contributed by atoms with Gasteiger partial charge in [0.15, 0.2) is 0 Å². The van der Waals surface area contributed by atoms with Crippen LogP contribution in [0, 0.1) is 5.92 Å². The Hall–Kier alpha value is -0.590. The van der Waals surface area contributed by atoms with Crippen molar-refractivity contribution in [2.75, 3.05) is 0 Å². The van der Waals surface area contributed by atoms with Crippen LogP contribution in [0.15, 0.2) is 17.3 Å². The van der Waals surface area contributed by atoms with Crippen molar-refractivity contribution < 1.29 is 0 Å². The second-order valence-corrected chi connectivity index (χ2v) is 2.55. The molecule has 0 rings (SSSR count). The van der Waals surface area contributed by atoms with Crippen LogP contribution in [0.4, 0.5) is 0 Å². The lowest BCUT2D eigenvalue weighted by molar-refractivity contribution is 0.677. The van der Waals surface area contributed by atoms with E-state index < -0.39 is 0 Å². The Balaban J connectivity index is 3.44. The smallest absolute Gasteiger partial charge is 0.0221 e. The Kier molecular flexibility index (Phi) is 6.14. The van der Waals surface area contributed by atoms with Gasteiger partial charge in [-0.15, -0.1) is 0 Å². The molecule has 0 aliphatic carbocycles. The van der Waals surface area contributed by atoms with E-state index in [0.717, 1.165) is 0 Å². The first-order valence-corrected chi connectivity index (χ1v) is 3.95. The fraction of sp³-hybridized carbons (Fsp3) is 0.667. The molecule has 0 saturated carbocycles. The molecule has 0 aromatic rings. The maximum Gasteiger partial charge on any atom is 0.0221 e. The summed E-state index contributed by atoms with van der Waals surface area (Å²) in [5.74, 6) is 0.626. The van der Waals surface area contributed by atoms with Crippen molar-refractivity contribution in [3.05, 3.63) is 12.3 Å². The van der Waals surface area contributed by atoms with Crippen LogP contribution in [-0.2, 0) is 0 Å². The lowest BCUT2D eigenvalue weighted by atomic mass is 10.1. The lowest BCUT2D eigenvalue weighted by Crippen LogP contribution is -1.93. The zero-order chi connectivity index (χ0) is 7.82. The van der Waals surface area contributed by atoms with Crippen molar-refractivity contribution in [1.29, 1.82) is 0 Å². The molecule has 0 amide bonds. The Morgan fingerprint density at radius 3 is 2.70 bits per heavy atom. The largest absolute Gasteiger partial charge is 0.269 e. The topological polar surface area (TPSA) is 12.4 Å². The molecule has 0 aliphatic rings. The molecule has 0 aromatic carbocycles. The summed E-state index contributed by atoms with van der Waals surface area (Å²) in [6, 6.07) is 0. The van der Waals surface area contributed by atoms with Gasteiger partial charge in [0, 0.05) is 12.4 Å². The Labute approximate surface area is 63.9 Å². The van der Waals surface area contributed by atoms with Gasteiger partial charge < -0.3 is 0 Å². The minimum absolute atomic E-state index is 0.626. The number of hydrogen-bond donors (Lipinski definition) is 0. The van der Waals surface area contributed by atoms with Gasteiger partial charge in [0.05, 0.1) is 0 Å². The quantitative estimate of drug-likeness (QED) is 0.531. The van der Waals surface area contributed by atoms with E-state index in [4.69, 9.17) is 0 Å². The van der Waals surface area contributed by atoms with Crippen LogP contribution >= 0.6 is 0 Å². The molecule has 58 valence electrons. The van der Waals surface area contributed by atoms with Crippen LogP contribution in [0.2, 0.25) is 0 Å². The van der Waals surface area contributed by atoms with Gasteiger partial charge in [0.25, 0.3) is 0 Å². The molecule has 0 aromatic heterocycles. The molecular formula is C9H17N. The highest BCUT2D eigenvalue weighted by molar-refractivity contribution is 5.60. The molecule has 0 radical (unpaired) electrons. The Bertz CT molecular complexity index is 114. The number of nitrogens with zero attached hydrogens (tertiary/aromatic N) is 1. The van der Waals surface area contributed by atoms with Crippen LogP contribution < -0.4 is 0 Å². The van der Waals surface area contributed by atoms with Gasteiger partial charge in [-0.2, -0.15) is 0 Å². The third-order valence-electron chi connectivity index (χ3n) is 1.32. The molecule has 0 fully saturated rings. The Morgan fingerprint density at radius 1 is 1.50 bits per heavy atom. The molecule has 1 nitrogen and oxygen atoms in total. The molecule has 10 heavy (non-hydrogen) atoms. The van der Waals surface area contributed by atoms with Crippen molar-refractivity contribution in [1.82, 2.24) is 0 Å². The fourth-order valence-electron chi connectivity index (χ4n) is 0.813. The highest BCUT2D eigenvalue weighted by Crippen LogP contribution is 2.00. The summed E-state index contributed by atoms with van der Waals surface area (Å²) in [7, 11) is 0. The summed E-state index contributed by atoms with van der Waals surface area (Å²) in [4.78, 5) is 4.10. The first-order valence-electron chi connectivity index (χ1n) is 3.95. The summed E-state index contributed by atoms with van der Waals surface area (Å²) in [5.41, 5.74) is 0. The number of hydrogen-bond acceptors (Lipinski definition) is 1. The molecule has 0 spiro atoms.